The topological polar surface area (TPSA) is 67.8 Å². The van der Waals surface area contributed by atoms with Gasteiger partial charge in [0.1, 0.15) is 18.0 Å². The molecule has 5 heterocycles. The second-order valence-corrected chi connectivity index (χ2v) is 6.80. The second-order valence-electron chi connectivity index (χ2n) is 6.80. The summed E-state index contributed by atoms with van der Waals surface area (Å²) in [4.78, 5) is 16.1. The van der Waals surface area contributed by atoms with Crippen LogP contribution in [0.25, 0.3) is 0 Å². The van der Waals surface area contributed by atoms with E-state index < -0.39 is 0 Å². The smallest absolute Gasteiger partial charge is 0.134 e. The molecule has 4 fully saturated rings. The lowest BCUT2D eigenvalue weighted by Crippen LogP contribution is -2.62. The molecule has 2 N–H and O–H groups in total. The summed E-state index contributed by atoms with van der Waals surface area (Å²) < 4.78 is 0. The minimum atomic E-state index is 0.194. The van der Waals surface area contributed by atoms with Crippen LogP contribution in [0, 0.1) is 0 Å². The Morgan fingerprint density at radius 2 is 2.00 bits per heavy atom. The maximum Gasteiger partial charge on any atom is 0.134 e. The third-order valence-electron chi connectivity index (χ3n) is 5.45. The predicted molar refractivity (Wildman–Crippen MR) is 89.8 cm³/mol. The number of nitrogens with zero attached hydrogens (tertiary/aromatic N) is 5. The zero-order chi connectivity index (χ0) is 15.6. The van der Waals surface area contributed by atoms with E-state index in [0.717, 1.165) is 44.1 Å². The van der Waals surface area contributed by atoms with E-state index in [1.54, 1.807) is 6.33 Å². The summed E-state index contributed by atoms with van der Waals surface area (Å²) in [5, 5.41) is 13.0. The molecule has 7 nitrogen and oxygen atoms in total. The Kier molecular flexibility index (Phi) is 4.33. The zero-order valence-electron chi connectivity index (χ0n) is 13.6. The summed E-state index contributed by atoms with van der Waals surface area (Å²) in [6.45, 7) is 8.05. The van der Waals surface area contributed by atoms with Gasteiger partial charge < -0.3 is 15.3 Å². The van der Waals surface area contributed by atoms with E-state index in [2.05, 4.69) is 30.0 Å². The lowest BCUT2D eigenvalue weighted by molar-refractivity contribution is 0.0189. The first-order valence-electron chi connectivity index (χ1n) is 8.73. The molecule has 0 aliphatic carbocycles. The molecule has 4 saturated heterocycles. The van der Waals surface area contributed by atoms with Gasteiger partial charge in [0.15, 0.2) is 0 Å². The maximum absolute atomic E-state index is 9.49. The lowest BCUT2D eigenvalue weighted by atomic mass is 10.1. The number of hydrogen-bond donors (Lipinski definition) is 2. The molecule has 4 aliphatic heterocycles. The molecule has 2 bridgehead atoms. The van der Waals surface area contributed by atoms with Gasteiger partial charge in [0.2, 0.25) is 0 Å². The van der Waals surface area contributed by atoms with E-state index in [4.69, 9.17) is 0 Å². The molecule has 1 aromatic heterocycles. The van der Waals surface area contributed by atoms with E-state index in [0.29, 0.717) is 6.04 Å². The number of nitrogens with one attached hydrogen (secondary N) is 1. The van der Waals surface area contributed by atoms with Crippen molar-refractivity contribution in [1.29, 1.82) is 0 Å². The number of aliphatic hydroxyl groups is 1. The quantitative estimate of drug-likeness (QED) is 0.782. The van der Waals surface area contributed by atoms with Crippen LogP contribution in [0.2, 0.25) is 0 Å². The van der Waals surface area contributed by atoms with E-state index in [1.807, 2.05) is 6.07 Å². The van der Waals surface area contributed by atoms with Crippen LogP contribution >= 0.6 is 0 Å². The third kappa shape index (κ3) is 3.13. The lowest BCUT2D eigenvalue weighted by Gasteiger charge is -2.47. The van der Waals surface area contributed by atoms with Gasteiger partial charge in [-0.3, -0.25) is 9.80 Å². The van der Waals surface area contributed by atoms with Gasteiger partial charge in [0, 0.05) is 57.9 Å². The van der Waals surface area contributed by atoms with Crippen molar-refractivity contribution in [3.63, 3.8) is 0 Å². The Hall–Kier alpha value is -1.44. The van der Waals surface area contributed by atoms with Crippen molar-refractivity contribution >= 4 is 11.6 Å². The minimum absolute atomic E-state index is 0.194. The largest absolute Gasteiger partial charge is 0.394 e. The maximum atomic E-state index is 9.49. The van der Waals surface area contributed by atoms with Crippen LogP contribution in [0.3, 0.4) is 0 Å². The number of rotatable bonds is 5. The van der Waals surface area contributed by atoms with Crippen molar-refractivity contribution in [2.24, 2.45) is 0 Å². The number of hydrogen-bond acceptors (Lipinski definition) is 7. The van der Waals surface area contributed by atoms with Crippen molar-refractivity contribution in [1.82, 2.24) is 19.8 Å². The van der Waals surface area contributed by atoms with Crippen LogP contribution in [0.4, 0.5) is 11.6 Å². The van der Waals surface area contributed by atoms with Crippen LogP contribution in [0.15, 0.2) is 12.4 Å². The number of aliphatic hydroxyl groups excluding tert-OH is 1. The Morgan fingerprint density at radius 1 is 1.13 bits per heavy atom. The van der Waals surface area contributed by atoms with E-state index in [-0.39, 0.29) is 12.6 Å². The molecule has 5 rings (SSSR count). The standard InChI is InChI=1S/C16H26N6O/c23-11-13-2-1-3-22(13)16-8-15(18-12-19-16)17-9-14-10-20-4-6-21(14)7-5-20/h8,12-14,23H,1-7,9-11H2,(H,17,18,19). The third-order valence-corrected chi connectivity index (χ3v) is 5.45. The number of aromatic nitrogens is 2. The first-order valence-corrected chi connectivity index (χ1v) is 8.73. The fraction of sp³-hybridized carbons (Fsp3) is 0.750. The first-order chi connectivity index (χ1) is 11.3. The van der Waals surface area contributed by atoms with E-state index >= 15 is 0 Å². The monoisotopic (exact) mass is 318 g/mol. The molecule has 2 atom stereocenters. The van der Waals surface area contributed by atoms with Gasteiger partial charge in [0.05, 0.1) is 12.6 Å². The predicted octanol–water partition coefficient (Wildman–Crippen LogP) is -0.151. The molecule has 2 unspecified atom stereocenters. The van der Waals surface area contributed by atoms with Gasteiger partial charge in [-0.2, -0.15) is 0 Å². The summed E-state index contributed by atoms with van der Waals surface area (Å²) in [7, 11) is 0. The van der Waals surface area contributed by atoms with Crippen molar-refractivity contribution in [2.45, 2.75) is 24.9 Å². The van der Waals surface area contributed by atoms with Crippen LogP contribution in [0.1, 0.15) is 12.8 Å². The molecule has 1 aromatic rings. The van der Waals surface area contributed by atoms with Crippen molar-refractivity contribution < 1.29 is 5.11 Å². The Labute approximate surface area is 137 Å². The fourth-order valence-electron chi connectivity index (χ4n) is 4.07. The van der Waals surface area contributed by atoms with Crippen LogP contribution in [-0.4, -0.2) is 89.4 Å². The number of anilines is 2. The zero-order valence-corrected chi connectivity index (χ0v) is 13.6. The molecular weight excluding hydrogens is 292 g/mol. The van der Waals surface area contributed by atoms with Gasteiger partial charge in [-0.25, -0.2) is 9.97 Å². The normalized spacial score (nSPS) is 33.2. The van der Waals surface area contributed by atoms with Crippen molar-refractivity contribution in [3.05, 3.63) is 12.4 Å². The van der Waals surface area contributed by atoms with Gasteiger partial charge in [-0.15, -0.1) is 0 Å². The first kappa shape index (κ1) is 15.1. The van der Waals surface area contributed by atoms with Gasteiger partial charge in [-0.1, -0.05) is 0 Å². The van der Waals surface area contributed by atoms with Gasteiger partial charge in [-0.05, 0) is 12.8 Å². The van der Waals surface area contributed by atoms with Gasteiger partial charge >= 0.3 is 0 Å². The minimum Gasteiger partial charge on any atom is -0.394 e. The highest BCUT2D eigenvalue weighted by atomic mass is 16.3. The molecule has 0 spiro atoms. The van der Waals surface area contributed by atoms with Crippen LogP contribution < -0.4 is 10.2 Å². The molecule has 0 saturated carbocycles. The van der Waals surface area contributed by atoms with Crippen molar-refractivity contribution in [3.8, 4) is 0 Å². The second kappa shape index (κ2) is 6.59. The van der Waals surface area contributed by atoms with Gasteiger partial charge in [0.25, 0.3) is 0 Å². The highest BCUT2D eigenvalue weighted by Crippen LogP contribution is 2.24. The highest BCUT2D eigenvalue weighted by molar-refractivity contribution is 5.50. The number of piperazine rings is 3. The van der Waals surface area contributed by atoms with Crippen molar-refractivity contribution in [2.75, 3.05) is 62.6 Å². The summed E-state index contributed by atoms with van der Waals surface area (Å²) >= 11 is 0. The van der Waals surface area contributed by atoms with Crippen LogP contribution in [0.5, 0.6) is 0 Å². The Morgan fingerprint density at radius 3 is 2.74 bits per heavy atom. The highest BCUT2D eigenvalue weighted by Gasteiger charge is 2.31. The molecular formula is C16H26N6O. The molecule has 0 amide bonds. The summed E-state index contributed by atoms with van der Waals surface area (Å²) in [5.41, 5.74) is 0. The summed E-state index contributed by atoms with van der Waals surface area (Å²) in [6, 6.07) is 2.80. The summed E-state index contributed by atoms with van der Waals surface area (Å²) in [6.07, 6.45) is 3.78. The van der Waals surface area contributed by atoms with E-state index in [9.17, 15) is 5.11 Å². The molecule has 4 aliphatic rings. The molecule has 0 radical (unpaired) electrons. The average Bonchev–Trinajstić information content (AvgIpc) is 3.10. The summed E-state index contributed by atoms with van der Waals surface area (Å²) in [5.74, 6) is 1.81. The molecule has 23 heavy (non-hydrogen) atoms. The Bertz CT molecular complexity index is 533. The fourth-order valence-corrected chi connectivity index (χ4v) is 4.07. The molecule has 7 heteroatoms. The number of fused-ring (bicyclic) bond motifs is 3. The molecule has 126 valence electrons. The molecule has 0 aromatic carbocycles. The SMILES string of the molecule is OCC1CCCN1c1cc(NCC2CN3CCN2CC3)ncn1. The van der Waals surface area contributed by atoms with Crippen LogP contribution in [-0.2, 0) is 0 Å². The van der Waals surface area contributed by atoms with E-state index in [1.165, 1.54) is 26.2 Å². The average molecular weight is 318 g/mol. The Balaban J connectivity index is 1.39.